The van der Waals surface area contributed by atoms with Crippen molar-refractivity contribution in [1.29, 1.82) is 0 Å². The summed E-state index contributed by atoms with van der Waals surface area (Å²) in [5.74, 6) is -0.410. The van der Waals surface area contributed by atoms with Crippen molar-refractivity contribution in [1.82, 2.24) is 19.9 Å². The van der Waals surface area contributed by atoms with Crippen LogP contribution in [0.2, 0.25) is 0 Å². The summed E-state index contributed by atoms with van der Waals surface area (Å²) < 4.78 is 1.79. The van der Waals surface area contributed by atoms with Crippen LogP contribution >= 0.6 is 36.2 Å². The third-order valence-corrected chi connectivity index (χ3v) is 4.92. The Labute approximate surface area is 161 Å². The summed E-state index contributed by atoms with van der Waals surface area (Å²) in [7, 11) is 0. The number of amides is 1. The molecule has 1 fully saturated rings. The molecule has 3 aromatic heterocycles. The zero-order valence-electron chi connectivity index (χ0n) is 13.2. The van der Waals surface area contributed by atoms with Gasteiger partial charge in [0.15, 0.2) is 5.65 Å². The first-order chi connectivity index (χ1) is 11.2. The standard InChI is InChI=1S/C15H16N6OS.2ClH/c16-14(22)13-5-10(9-23-13)12-7-19-21-8-11(6-18-15(12)21)20-3-1-17-2-4-20;;/h5-9,17H,1-4H2,(H2,16,22);2*1H. The minimum atomic E-state index is -0.410. The Morgan fingerprint density at radius 1 is 1.24 bits per heavy atom. The van der Waals surface area contributed by atoms with Gasteiger partial charge >= 0.3 is 0 Å². The third-order valence-electron chi connectivity index (χ3n) is 3.98. The molecule has 1 aliphatic rings. The van der Waals surface area contributed by atoms with E-state index in [1.807, 2.05) is 17.8 Å². The van der Waals surface area contributed by atoms with Crippen LogP contribution in [0.4, 0.5) is 5.69 Å². The molecular weight excluding hydrogens is 383 g/mol. The lowest BCUT2D eigenvalue weighted by molar-refractivity contribution is 0.100. The first-order valence-corrected chi connectivity index (χ1v) is 8.28. The highest BCUT2D eigenvalue weighted by atomic mass is 35.5. The van der Waals surface area contributed by atoms with Gasteiger partial charge in [-0.2, -0.15) is 5.10 Å². The normalized spacial score (nSPS) is 14.0. The number of nitrogens with zero attached hydrogens (tertiary/aromatic N) is 4. The molecule has 0 saturated carbocycles. The Bertz CT molecular complexity index is 874. The molecule has 7 nitrogen and oxygen atoms in total. The maximum atomic E-state index is 11.3. The van der Waals surface area contributed by atoms with E-state index in [0.29, 0.717) is 4.88 Å². The zero-order chi connectivity index (χ0) is 15.8. The summed E-state index contributed by atoms with van der Waals surface area (Å²) in [6.07, 6.45) is 5.66. The maximum Gasteiger partial charge on any atom is 0.258 e. The predicted molar refractivity (Wildman–Crippen MR) is 104 cm³/mol. The highest BCUT2D eigenvalue weighted by Gasteiger charge is 2.15. The lowest BCUT2D eigenvalue weighted by Crippen LogP contribution is -2.43. The van der Waals surface area contributed by atoms with Crippen molar-refractivity contribution in [2.75, 3.05) is 31.1 Å². The number of nitrogens with two attached hydrogens (primary N) is 1. The first kappa shape index (κ1) is 19.5. The molecule has 0 radical (unpaired) electrons. The van der Waals surface area contributed by atoms with Gasteiger partial charge in [0, 0.05) is 31.7 Å². The van der Waals surface area contributed by atoms with Gasteiger partial charge in [-0.15, -0.1) is 36.2 Å². The molecule has 4 rings (SSSR count). The Hall–Kier alpha value is -1.87. The highest BCUT2D eigenvalue weighted by Crippen LogP contribution is 2.28. The fourth-order valence-electron chi connectivity index (χ4n) is 2.76. The van der Waals surface area contributed by atoms with Gasteiger partial charge in [0.1, 0.15) is 0 Å². The van der Waals surface area contributed by atoms with Crippen molar-refractivity contribution in [2.24, 2.45) is 5.73 Å². The Kier molecular flexibility index (Phi) is 6.23. The van der Waals surface area contributed by atoms with E-state index in [2.05, 4.69) is 20.3 Å². The minimum Gasteiger partial charge on any atom is -0.366 e. The monoisotopic (exact) mass is 400 g/mol. The van der Waals surface area contributed by atoms with E-state index in [0.717, 1.165) is 48.6 Å². The van der Waals surface area contributed by atoms with Crippen LogP contribution in [0.1, 0.15) is 9.67 Å². The molecule has 25 heavy (non-hydrogen) atoms. The van der Waals surface area contributed by atoms with Crippen LogP contribution in [0, 0.1) is 0 Å². The fraction of sp³-hybridized carbons (Fsp3) is 0.267. The summed E-state index contributed by atoms with van der Waals surface area (Å²) in [4.78, 5) is 18.7. The molecule has 1 amide bonds. The van der Waals surface area contributed by atoms with E-state index in [9.17, 15) is 4.79 Å². The van der Waals surface area contributed by atoms with Crippen molar-refractivity contribution in [3.63, 3.8) is 0 Å². The summed E-state index contributed by atoms with van der Waals surface area (Å²) in [5, 5.41) is 9.65. The molecule has 0 atom stereocenters. The van der Waals surface area contributed by atoms with Crippen LogP contribution in [0.5, 0.6) is 0 Å². The number of piperazine rings is 1. The van der Waals surface area contributed by atoms with E-state index in [1.165, 1.54) is 11.3 Å². The number of thiophene rings is 1. The lowest BCUT2D eigenvalue weighted by atomic mass is 10.2. The van der Waals surface area contributed by atoms with Crippen LogP contribution in [-0.2, 0) is 0 Å². The topological polar surface area (TPSA) is 88.5 Å². The second-order valence-electron chi connectivity index (χ2n) is 5.44. The average molecular weight is 401 g/mol. The summed E-state index contributed by atoms with van der Waals surface area (Å²) in [5.41, 5.74) is 8.98. The van der Waals surface area contributed by atoms with E-state index >= 15 is 0 Å². The van der Waals surface area contributed by atoms with Crippen molar-refractivity contribution < 1.29 is 4.79 Å². The van der Waals surface area contributed by atoms with Crippen molar-refractivity contribution in [3.8, 4) is 11.1 Å². The van der Waals surface area contributed by atoms with Gasteiger partial charge in [0.25, 0.3) is 5.91 Å². The van der Waals surface area contributed by atoms with Gasteiger partial charge in [0.05, 0.1) is 29.2 Å². The highest BCUT2D eigenvalue weighted by molar-refractivity contribution is 7.12. The molecule has 4 heterocycles. The Balaban J connectivity index is 0.00000113. The second kappa shape index (κ2) is 8.01. The smallest absolute Gasteiger partial charge is 0.258 e. The number of carbonyl (C=O) groups is 1. The lowest BCUT2D eigenvalue weighted by Gasteiger charge is -2.28. The maximum absolute atomic E-state index is 11.3. The molecule has 0 unspecified atom stereocenters. The molecule has 134 valence electrons. The van der Waals surface area contributed by atoms with Gasteiger partial charge in [-0.1, -0.05) is 0 Å². The second-order valence-corrected chi connectivity index (χ2v) is 6.35. The number of aromatic nitrogens is 3. The number of halogens is 2. The van der Waals surface area contributed by atoms with Gasteiger partial charge in [-0.05, 0) is 17.0 Å². The van der Waals surface area contributed by atoms with E-state index < -0.39 is 5.91 Å². The van der Waals surface area contributed by atoms with Crippen LogP contribution in [-0.4, -0.2) is 46.7 Å². The van der Waals surface area contributed by atoms with Gasteiger partial charge in [-0.25, -0.2) is 9.50 Å². The van der Waals surface area contributed by atoms with E-state index in [4.69, 9.17) is 5.73 Å². The SMILES string of the molecule is Cl.Cl.NC(=O)c1cc(-c2cnn3cc(N4CCNCC4)cnc23)cs1. The summed E-state index contributed by atoms with van der Waals surface area (Å²) in [6.45, 7) is 3.89. The molecule has 0 spiro atoms. The number of carbonyl (C=O) groups excluding carboxylic acids is 1. The van der Waals surface area contributed by atoms with Crippen molar-refractivity contribution >= 4 is 53.4 Å². The van der Waals surface area contributed by atoms with Crippen LogP contribution in [0.25, 0.3) is 16.8 Å². The molecular formula is C15H18Cl2N6OS. The van der Waals surface area contributed by atoms with Crippen LogP contribution in [0.3, 0.4) is 0 Å². The van der Waals surface area contributed by atoms with Gasteiger partial charge in [-0.3, -0.25) is 4.79 Å². The molecule has 10 heteroatoms. The molecule has 1 aliphatic heterocycles. The zero-order valence-corrected chi connectivity index (χ0v) is 15.7. The fourth-order valence-corrected chi connectivity index (χ4v) is 3.52. The summed E-state index contributed by atoms with van der Waals surface area (Å²) in [6, 6.07) is 1.79. The van der Waals surface area contributed by atoms with E-state index in [-0.39, 0.29) is 24.8 Å². The number of anilines is 1. The largest absolute Gasteiger partial charge is 0.366 e. The number of nitrogens with one attached hydrogen (secondary N) is 1. The Morgan fingerprint density at radius 2 is 2.00 bits per heavy atom. The van der Waals surface area contributed by atoms with Crippen molar-refractivity contribution in [3.05, 3.63) is 34.9 Å². The predicted octanol–water partition coefficient (Wildman–Crippen LogP) is 1.81. The average Bonchev–Trinajstić information content (AvgIpc) is 3.21. The first-order valence-electron chi connectivity index (χ1n) is 7.40. The van der Waals surface area contributed by atoms with Gasteiger partial charge in [0.2, 0.25) is 0 Å². The number of primary amides is 1. The molecule has 3 N–H and O–H groups in total. The molecule has 0 aliphatic carbocycles. The molecule has 1 saturated heterocycles. The number of hydrogen-bond acceptors (Lipinski definition) is 6. The quantitative estimate of drug-likeness (QED) is 0.699. The molecule has 0 aromatic carbocycles. The summed E-state index contributed by atoms with van der Waals surface area (Å²) >= 11 is 1.34. The van der Waals surface area contributed by atoms with E-state index in [1.54, 1.807) is 16.8 Å². The van der Waals surface area contributed by atoms with Crippen LogP contribution < -0.4 is 16.0 Å². The van der Waals surface area contributed by atoms with Crippen LogP contribution in [0.15, 0.2) is 30.0 Å². The third kappa shape index (κ3) is 3.72. The number of rotatable bonds is 3. The molecule has 0 bridgehead atoms. The van der Waals surface area contributed by atoms with Gasteiger partial charge < -0.3 is 16.0 Å². The number of fused-ring (bicyclic) bond motifs is 1. The molecule has 3 aromatic rings. The Morgan fingerprint density at radius 3 is 2.68 bits per heavy atom. The van der Waals surface area contributed by atoms with Crippen molar-refractivity contribution in [2.45, 2.75) is 0 Å². The number of hydrogen-bond donors (Lipinski definition) is 2. The minimum absolute atomic E-state index is 0.